The highest BCUT2D eigenvalue weighted by atomic mass is 32.2. The van der Waals surface area contributed by atoms with Crippen molar-refractivity contribution in [2.24, 2.45) is 5.73 Å². The van der Waals surface area contributed by atoms with E-state index in [0.29, 0.717) is 13.2 Å². The molecule has 1 heterocycles. The van der Waals surface area contributed by atoms with E-state index < -0.39 is 15.6 Å². The van der Waals surface area contributed by atoms with Gasteiger partial charge < -0.3 is 10.5 Å². The Bertz CT molecular complexity index is 466. The van der Waals surface area contributed by atoms with Crippen LogP contribution in [0.25, 0.3) is 0 Å². The summed E-state index contributed by atoms with van der Waals surface area (Å²) in [5, 5.41) is 1.59. The van der Waals surface area contributed by atoms with Crippen molar-refractivity contribution in [3.63, 3.8) is 0 Å². The molecule has 0 unspecified atom stereocenters. The molecule has 0 fully saturated rings. The minimum atomic E-state index is -3.50. The first-order valence-electron chi connectivity index (χ1n) is 5.11. The summed E-state index contributed by atoms with van der Waals surface area (Å²) < 4.78 is 31.7. The van der Waals surface area contributed by atoms with Crippen LogP contribution in [-0.4, -0.2) is 27.7 Å². The first kappa shape index (κ1) is 14.6. The van der Waals surface area contributed by atoms with Crippen molar-refractivity contribution in [2.45, 2.75) is 30.8 Å². The van der Waals surface area contributed by atoms with Crippen LogP contribution >= 0.6 is 11.3 Å². The van der Waals surface area contributed by atoms with Gasteiger partial charge in [0.15, 0.2) is 0 Å². The molecule has 1 aromatic rings. The van der Waals surface area contributed by atoms with E-state index in [1.54, 1.807) is 25.3 Å². The van der Waals surface area contributed by atoms with Gasteiger partial charge in [-0.15, -0.1) is 11.3 Å². The smallest absolute Gasteiger partial charge is 0.241 e. The van der Waals surface area contributed by atoms with E-state index in [9.17, 15) is 8.42 Å². The SMILES string of the molecule is COCC(C)(C)NS(=O)(=O)c1csc(CN)c1. The normalized spacial score (nSPS) is 12.9. The lowest BCUT2D eigenvalue weighted by Crippen LogP contribution is -2.46. The van der Waals surface area contributed by atoms with Gasteiger partial charge in [-0.2, -0.15) is 0 Å². The molecule has 0 atom stereocenters. The van der Waals surface area contributed by atoms with Crippen LogP contribution in [0.5, 0.6) is 0 Å². The number of hydrogen-bond donors (Lipinski definition) is 2. The molecule has 0 aliphatic carbocycles. The van der Waals surface area contributed by atoms with E-state index in [0.717, 1.165) is 4.88 Å². The van der Waals surface area contributed by atoms with Gasteiger partial charge in [-0.3, -0.25) is 0 Å². The molecular formula is C10H18N2O3S2. The van der Waals surface area contributed by atoms with Crippen LogP contribution in [0.1, 0.15) is 18.7 Å². The molecule has 0 aliphatic heterocycles. The third-order valence-corrected chi connectivity index (χ3v) is 4.84. The van der Waals surface area contributed by atoms with E-state index in [1.807, 2.05) is 0 Å². The van der Waals surface area contributed by atoms with Crippen LogP contribution in [0.3, 0.4) is 0 Å². The van der Waals surface area contributed by atoms with Crippen LogP contribution in [0.15, 0.2) is 16.3 Å². The summed E-state index contributed by atoms with van der Waals surface area (Å²) in [6.45, 7) is 4.19. The predicted octanol–water partition coefficient (Wildman–Crippen LogP) is 0.910. The Morgan fingerprint density at radius 2 is 2.18 bits per heavy atom. The average molecular weight is 278 g/mol. The molecule has 1 rings (SSSR count). The molecule has 17 heavy (non-hydrogen) atoms. The highest BCUT2D eigenvalue weighted by Gasteiger charge is 2.26. The zero-order valence-electron chi connectivity index (χ0n) is 10.2. The Morgan fingerprint density at radius 1 is 1.53 bits per heavy atom. The van der Waals surface area contributed by atoms with Crippen molar-refractivity contribution >= 4 is 21.4 Å². The van der Waals surface area contributed by atoms with E-state index >= 15 is 0 Å². The van der Waals surface area contributed by atoms with Crippen LogP contribution in [-0.2, 0) is 21.3 Å². The second-order valence-corrected chi connectivity index (χ2v) is 7.05. The van der Waals surface area contributed by atoms with Gasteiger partial charge in [-0.1, -0.05) is 0 Å². The Morgan fingerprint density at radius 3 is 2.65 bits per heavy atom. The Kier molecular flexibility index (Phi) is 4.68. The summed E-state index contributed by atoms with van der Waals surface area (Å²) in [4.78, 5) is 1.10. The molecule has 98 valence electrons. The van der Waals surface area contributed by atoms with E-state index in [1.165, 1.54) is 18.4 Å². The second-order valence-electron chi connectivity index (χ2n) is 4.38. The molecule has 7 heteroatoms. The summed E-state index contributed by atoms with van der Waals surface area (Å²) in [6, 6.07) is 1.59. The molecule has 5 nitrogen and oxygen atoms in total. The topological polar surface area (TPSA) is 81.4 Å². The molecule has 0 bridgehead atoms. The molecule has 3 N–H and O–H groups in total. The minimum Gasteiger partial charge on any atom is -0.383 e. The summed E-state index contributed by atoms with van der Waals surface area (Å²) >= 11 is 1.34. The molecular weight excluding hydrogens is 260 g/mol. The molecule has 0 saturated heterocycles. The van der Waals surface area contributed by atoms with Crippen LogP contribution in [0.4, 0.5) is 0 Å². The zero-order valence-corrected chi connectivity index (χ0v) is 11.8. The number of nitrogens with two attached hydrogens (primary N) is 1. The molecule has 0 radical (unpaired) electrons. The van der Waals surface area contributed by atoms with Crippen molar-refractivity contribution in [1.82, 2.24) is 4.72 Å². The third kappa shape index (κ3) is 4.04. The standard InChI is InChI=1S/C10H18N2O3S2/c1-10(2,7-15-3)12-17(13,14)9-4-8(5-11)16-6-9/h4,6,12H,5,7,11H2,1-3H3. The fraction of sp³-hybridized carbons (Fsp3) is 0.600. The number of hydrogen-bond acceptors (Lipinski definition) is 5. The predicted molar refractivity (Wildman–Crippen MR) is 68.5 cm³/mol. The third-order valence-electron chi connectivity index (χ3n) is 2.06. The van der Waals surface area contributed by atoms with Gasteiger partial charge in [-0.25, -0.2) is 13.1 Å². The van der Waals surface area contributed by atoms with Gasteiger partial charge in [0.25, 0.3) is 0 Å². The summed E-state index contributed by atoms with van der Waals surface area (Å²) in [6.07, 6.45) is 0. The van der Waals surface area contributed by atoms with Crippen molar-refractivity contribution < 1.29 is 13.2 Å². The molecule has 0 saturated carbocycles. The number of nitrogens with one attached hydrogen (secondary N) is 1. The van der Waals surface area contributed by atoms with Crippen molar-refractivity contribution in [3.05, 3.63) is 16.3 Å². The number of sulfonamides is 1. The first-order valence-corrected chi connectivity index (χ1v) is 7.47. The fourth-order valence-electron chi connectivity index (χ4n) is 1.42. The van der Waals surface area contributed by atoms with E-state index in [2.05, 4.69) is 4.72 Å². The lowest BCUT2D eigenvalue weighted by atomic mass is 10.1. The monoisotopic (exact) mass is 278 g/mol. The fourth-order valence-corrected chi connectivity index (χ4v) is 3.98. The molecule has 0 aromatic carbocycles. The number of ether oxygens (including phenoxy) is 1. The van der Waals surface area contributed by atoms with Gasteiger partial charge in [0.2, 0.25) is 10.0 Å². The maximum Gasteiger partial charge on any atom is 0.241 e. The number of thiophene rings is 1. The second kappa shape index (κ2) is 5.45. The zero-order chi connectivity index (χ0) is 13.1. The van der Waals surface area contributed by atoms with Gasteiger partial charge in [0.1, 0.15) is 0 Å². The molecule has 1 aromatic heterocycles. The molecule has 0 spiro atoms. The largest absolute Gasteiger partial charge is 0.383 e. The molecule has 0 amide bonds. The number of methoxy groups -OCH3 is 1. The quantitative estimate of drug-likeness (QED) is 0.810. The lowest BCUT2D eigenvalue weighted by Gasteiger charge is -2.24. The summed E-state index contributed by atoms with van der Waals surface area (Å²) in [5.41, 5.74) is 4.82. The van der Waals surface area contributed by atoms with Crippen LogP contribution in [0, 0.1) is 0 Å². The summed E-state index contributed by atoms with van der Waals surface area (Å²) in [7, 11) is -1.97. The van der Waals surface area contributed by atoms with Crippen molar-refractivity contribution in [1.29, 1.82) is 0 Å². The van der Waals surface area contributed by atoms with Crippen molar-refractivity contribution in [3.8, 4) is 0 Å². The maximum atomic E-state index is 12.1. The van der Waals surface area contributed by atoms with Crippen LogP contribution < -0.4 is 10.5 Å². The highest BCUT2D eigenvalue weighted by Crippen LogP contribution is 2.20. The Labute approximate surface area is 106 Å². The number of rotatable bonds is 6. The lowest BCUT2D eigenvalue weighted by molar-refractivity contribution is 0.141. The summed E-state index contributed by atoms with van der Waals surface area (Å²) in [5.74, 6) is 0. The highest BCUT2D eigenvalue weighted by molar-refractivity contribution is 7.89. The van der Waals surface area contributed by atoms with Gasteiger partial charge in [0.05, 0.1) is 17.0 Å². The van der Waals surface area contributed by atoms with E-state index in [4.69, 9.17) is 10.5 Å². The molecule has 0 aliphatic rings. The van der Waals surface area contributed by atoms with Gasteiger partial charge >= 0.3 is 0 Å². The van der Waals surface area contributed by atoms with Gasteiger partial charge in [0, 0.05) is 23.9 Å². The van der Waals surface area contributed by atoms with E-state index in [-0.39, 0.29) is 4.90 Å². The Hall–Kier alpha value is -0.470. The minimum absolute atomic E-state index is 0.257. The Balaban J connectivity index is 2.88. The maximum absolute atomic E-state index is 12.1. The van der Waals surface area contributed by atoms with Crippen molar-refractivity contribution in [2.75, 3.05) is 13.7 Å². The van der Waals surface area contributed by atoms with Crippen LogP contribution in [0.2, 0.25) is 0 Å². The average Bonchev–Trinajstić information content (AvgIpc) is 2.64. The van der Waals surface area contributed by atoms with Gasteiger partial charge in [-0.05, 0) is 19.9 Å². The first-order chi connectivity index (χ1) is 7.80.